The van der Waals surface area contributed by atoms with Crippen LogP contribution >= 0.6 is 11.3 Å². The van der Waals surface area contributed by atoms with E-state index in [1.165, 1.54) is 43.8 Å². The number of esters is 1. The fourth-order valence-electron chi connectivity index (χ4n) is 1.70. The largest absolute Gasteiger partial charge is 0.496 e. The van der Waals surface area contributed by atoms with Crippen molar-refractivity contribution >= 4 is 27.3 Å². The number of carbonyl (C=O) groups is 1. The maximum Gasteiger partial charge on any atom is 0.341 e. The molecule has 0 radical (unpaired) electrons. The number of aromatic nitrogens is 1. The van der Waals surface area contributed by atoms with Gasteiger partial charge in [0.15, 0.2) is 0 Å². The molecule has 0 atom stereocenters. The van der Waals surface area contributed by atoms with E-state index >= 15 is 0 Å². The molecule has 0 aliphatic carbocycles. The molecule has 0 aliphatic rings. The Labute approximate surface area is 132 Å². The second-order valence-electron chi connectivity index (χ2n) is 4.10. The van der Waals surface area contributed by atoms with Gasteiger partial charge in [0.05, 0.1) is 25.7 Å². The van der Waals surface area contributed by atoms with E-state index in [1.807, 2.05) is 0 Å². The van der Waals surface area contributed by atoms with Crippen molar-refractivity contribution in [2.75, 3.05) is 14.2 Å². The highest BCUT2D eigenvalue weighted by Crippen LogP contribution is 2.23. The van der Waals surface area contributed by atoms with Crippen LogP contribution in [0.25, 0.3) is 0 Å². The maximum absolute atomic E-state index is 12.2. The number of benzene rings is 1. The number of nitrogens with zero attached hydrogens (tertiary/aromatic N) is 1. The molecule has 22 heavy (non-hydrogen) atoms. The Morgan fingerprint density at radius 1 is 1.36 bits per heavy atom. The number of carbonyl (C=O) groups excluding carboxylic acids is 1. The van der Waals surface area contributed by atoms with Crippen LogP contribution in [0.3, 0.4) is 0 Å². The maximum atomic E-state index is 12.2. The average molecular weight is 342 g/mol. The van der Waals surface area contributed by atoms with Crippen LogP contribution in [-0.4, -0.2) is 33.6 Å². The smallest absolute Gasteiger partial charge is 0.341 e. The fourth-order valence-corrected chi connectivity index (χ4v) is 3.35. The van der Waals surface area contributed by atoms with E-state index in [0.29, 0.717) is 5.01 Å². The molecule has 0 fully saturated rings. The SMILES string of the molecule is COC(=O)c1ccc(S(=O)(=O)NCc2nccs2)cc1OC. The average Bonchev–Trinajstić information content (AvgIpc) is 3.05. The standard InChI is InChI=1S/C13H14N2O5S2/c1-19-11-7-9(3-4-10(11)13(16)20-2)22(17,18)15-8-12-14-5-6-21-12/h3-7,15H,8H2,1-2H3. The number of rotatable bonds is 6. The molecule has 2 aromatic rings. The normalized spacial score (nSPS) is 11.2. The first-order valence-corrected chi connectivity index (χ1v) is 8.48. The zero-order valence-corrected chi connectivity index (χ0v) is 13.5. The van der Waals surface area contributed by atoms with E-state index in [-0.39, 0.29) is 22.8 Å². The van der Waals surface area contributed by atoms with Crippen molar-refractivity contribution < 1.29 is 22.7 Å². The third-order valence-electron chi connectivity index (χ3n) is 2.79. The van der Waals surface area contributed by atoms with E-state index in [0.717, 1.165) is 0 Å². The van der Waals surface area contributed by atoms with Crippen LogP contribution in [-0.2, 0) is 21.3 Å². The van der Waals surface area contributed by atoms with Crippen LogP contribution in [0.4, 0.5) is 0 Å². The lowest BCUT2D eigenvalue weighted by Crippen LogP contribution is -2.23. The molecule has 1 aromatic carbocycles. The Balaban J connectivity index is 2.25. The number of hydrogen-bond donors (Lipinski definition) is 1. The molecule has 0 spiro atoms. The van der Waals surface area contributed by atoms with Crippen molar-refractivity contribution in [3.8, 4) is 5.75 Å². The number of hydrogen-bond acceptors (Lipinski definition) is 7. The van der Waals surface area contributed by atoms with Crippen molar-refractivity contribution in [2.24, 2.45) is 0 Å². The summed E-state index contributed by atoms with van der Waals surface area (Å²) in [7, 11) is -1.15. The Morgan fingerprint density at radius 3 is 2.73 bits per heavy atom. The number of sulfonamides is 1. The Morgan fingerprint density at radius 2 is 2.14 bits per heavy atom. The fraction of sp³-hybridized carbons (Fsp3) is 0.231. The lowest BCUT2D eigenvalue weighted by atomic mass is 10.2. The second kappa shape index (κ2) is 6.86. The molecular weight excluding hydrogens is 328 g/mol. The zero-order valence-electron chi connectivity index (χ0n) is 11.9. The van der Waals surface area contributed by atoms with E-state index in [1.54, 1.807) is 11.6 Å². The Hall–Kier alpha value is -1.97. The van der Waals surface area contributed by atoms with Gasteiger partial charge in [-0.3, -0.25) is 0 Å². The molecule has 0 amide bonds. The predicted octanol–water partition coefficient (Wildman–Crippen LogP) is 1.42. The van der Waals surface area contributed by atoms with Crippen LogP contribution in [0.5, 0.6) is 5.75 Å². The van der Waals surface area contributed by atoms with Gasteiger partial charge in [-0.25, -0.2) is 22.9 Å². The summed E-state index contributed by atoms with van der Waals surface area (Å²) in [5.41, 5.74) is 0.156. The minimum atomic E-state index is -3.73. The van der Waals surface area contributed by atoms with Crippen molar-refractivity contribution in [2.45, 2.75) is 11.4 Å². The van der Waals surface area contributed by atoms with Crippen molar-refractivity contribution in [1.82, 2.24) is 9.71 Å². The second-order valence-corrected chi connectivity index (χ2v) is 6.85. The van der Waals surface area contributed by atoms with E-state index in [4.69, 9.17) is 4.74 Å². The van der Waals surface area contributed by atoms with Gasteiger partial charge < -0.3 is 9.47 Å². The molecular formula is C13H14N2O5S2. The molecule has 9 heteroatoms. The van der Waals surface area contributed by atoms with Crippen molar-refractivity contribution in [3.05, 3.63) is 40.3 Å². The summed E-state index contributed by atoms with van der Waals surface area (Å²) >= 11 is 1.35. The number of ether oxygens (including phenoxy) is 2. The van der Waals surface area contributed by atoms with Crippen LogP contribution in [0.15, 0.2) is 34.7 Å². The number of thiazole rings is 1. The minimum absolute atomic E-state index is 0.00596. The minimum Gasteiger partial charge on any atom is -0.496 e. The molecule has 0 bridgehead atoms. The highest BCUT2D eigenvalue weighted by molar-refractivity contribution is 7.89. The third kappa shape index (κ3) is 3.62. The van der Waals surface area contributed by atoms with Gasteiger partial charge in [-0.15, -0.1) is 11.3 Å². The number of methoxy groups -OCH3 is 2. The summed E-state index contributed by atoms with van der Waals surface area (Å²) in [6.07, 6.45) is 1.60. The van der Waals surface area contributed by atoms with Gasteiger partial charge in [0.2, 0.25) is 10.0 Å². The quantitative estimate of drug-likeness (QED) is 0.798. The predicted molar refractivity (Wildman–Crippen MR) is 80.5 cm³/mol. The van der Waals surface area contributed by atoms with Crippen LogP contribution < -0.4 is 9.46 Å². The molecule has 118 valence electrons. The van der Waals surface area contributed by atoms with Crippen LogP contribution in [0.2, 0.25) is 0 Å². The lowest BCUT2D eigenvalue weighted by molar-refractivity contribution is 0.0597. The van der Waals surface area contributed by atoms with Gasteiger partial charge in [0.1, 0.15) is 16.3 Å². The Bertz CT molecular complexity index is 757. The molecule has 1 aromatic heterocycles. The van der Waals surface area contributed by atoms with Crippen molar-refractivity contribution in [1.29, 1.82) is 0 Å². The molecule has 7 nitrogen and oxygen atoms in total. The number of nitrogens with one attached hydrogen (secondary N) is 1. The third-order valence-corrected chi connectivity index (χ3v) is 4.96. The first-order chi connectivity index (χ1) is 10.5. The summed E-state index contributed by atoms with van der Waals surface area (Å²) in [6, 6.07) is 3.94. The van der Waals surface area contributed by atoms with Crippen molar-refractivity contribution in [3.63, 3.8) is 0 Å². The first-order valence-electron chi connectivity index (χ1n) is 6.12. The highest BCUT2D eigenvalue weighted by Gasteiger charge is 2.19. The van der Waals surface area contributed by atoms with Crippen LogP contribution in [0, 0.1) is 0 Å². The van der Waals surface area contributed by atoms with Gasteiger partial charge >= 0.3 is 5.97 Å². The topological polar surface area (TPSA) is 94.6 Å². The summed E-state index contributed by atoms with van der Waals surface area (Å²) in [4.78, 5) is 15.6. The van der Waals surface area contributed by atoms with Gasteiger partial charge in [-0.1, -0.05) is 0 Å². The molecule has 1 N–H and O–H groups in total. The van der Waals surface area contributed by atoms with E-state index < -0.39 is 16.0 Å². The van der Waals surface area contributed by atoms with E-state index in [9.17, 15) is 13.2 Å². The molecule has 0 saturated carbocycles. The van der Waals surface area contributed by atoms with Gasteiger partial charge in [-0.05, 0) is 12.1 Å². The summed E-state index contributed by atoms with van der Waals surface area (Å²) in [5, 5.41) is 2.42. The molecule has 0 unspecified atom stereocenters. The van der Waals surface area contributed by atoms with Gasteiger partial charge in [0, 0.05) is 17.6 Å². The van der Waals surface area contributed by atoms with E-state index in [2.05, 4.69) is 14.4 Å². The summed E-state index contributed by atoms with van der Waals surface area (Å²) in [5.74, 6) is -0.472. The molecule has 1 heterocycles. The first kappa shape index (κ1) is 16.4. The summed E-state index contributed by atoms with van der Waals surface area (Å²) < 4.78 is 36.6. The monoisotopic (exact) mass is 342 g/mol. The molecule has 2 rings (SSSR count). The summed E-state index contributed by atoms with van der Waals surface area (Å²) in [6.45, 7) is 0.0983. The molecule has 0 aliphatic heterocycles. The van der Waals surface area contributed by atoms with Crippen LogP contribution in [0.1, 0.15) is 15.4 Å². The zero-order chi connectivity index (χ0) is 16.2. The Kier molecular flexibility index (Phi) is 5.11. The van der Waals surface area contributed by atoms with Gasteiger partial charge in [-0.2, -0.15) is 0 Å². The highest BCUT2D eigenvalue weighted by atomic mass is 32.2. The van der Waals surface area contributed by atoms with Gasteiger partial charge in [0.25, 0.3) is 0 Å². The molecule has 0 saturated heterocycles. The lowest BCUT2D eigenvalue weighted by Gasteiger charge is -2.10.